The van der Waals surface area contributed by atoms with E-state index in [4.69, 9.17) is 0 Å². The average molecular weight is 324 g/mol. The summed E-state index contributed by atoms with van der Waals surface area (Å²) in [5.74, 6) is -0.186. The van der Waals surface area contributed by atoms with Crippen LogP contribution in [0.2, 0.25) is 0 Å². The third kappa shape index (κ3) is 3.28. The zero-order valence-electron chi connectivity index (χ0n) is 14.3. The molecule has 1 aliphatic rings. The molecule has 0 saturated heterocycles. The monoisotopic (exact) mass is 324 g/mol. The van der Waals surface area contributed by atoms with Gasteiger partial charge in [0.25, 0.3) is 5.69 Å². The van der Waals surface area contributed by atoms with Crippen molar-refractivity contribution < 1.29 is 9.52 Å². The van der Waals surface area contributed by atoms with Gasteiger partial charge in [-0.25, -0.2) is 0 Å². The molecule has 1 aromatic heterocycles. The number of pyridine rings is 1. The SMILES string of the molecule is CC1(C)CCC[C@@H]1N(Cc1ccccc1)C(=O)c1cccc[n+]1[O-]. The fraction of sp³-hybridized carbons (Fsp3) is 0.400. The quantitative estimate of drug-likeness (QED) is 0.638. The van der Waals surface area contributed by atoms with Gasteiger partial charge in [0, 0.05) is 24.7 Å². The molecule has 1 aromatic carbocycles. The number of amides is 1. The van der Waals surface area contributed by atoms with Crippen LogP contribution in [0.3, 0.4) is 0 Å². The van der Waals surface area contributed by atoms with E-state index < -0.39 is 0 Å². The number of rotatable bonds is 4. The van der Waals surface area contributed by atoms with Gasteiger partial charge < -0.3 is 10.1 Å². The van der Waals surface area contributed by atoms with Crippen molar-refractivity contribution in [1.82, 2.24) is 4.90 Å². The third-order valence-electron chi connectivity index (χ3n) is 5.08. The second-order valence-corrected chi connectivity index (χ2v) is 7.23. The van der Waals surface area contributed by atoms with E-state index in [2.05, 4.69) is 13.8 Å². The molecule has 0 unspecified atom stereocenters. The van der Waals surface area contributed by atoms with Crippen LogP contribution < -0.4 is 4.73 Å². The summed E-state index contributed by atoms with van der Waals surface area (Å²) in [6, 6.07) is 15.1. The molecular weight excluding hydrogens is 300 g/mol. The fourth-order valence-electron chi connectivity index (χ4n) is 3.73. The van der Waals surface area contributed by atoms with Crippen molar-refractivity contribution in [3.63, 3.8) is 0 Å². The maximum absolute atomic E-state index is 13.1. The molecule has 4 nitrogen and oxygen atoms in total. The Bertz CT molecular complexity index is 713. The lowest BCUT2D eigenvalue weighted by atomic mass is 9.86. The van der Waals surface area contributed by atoms with Crippen molar-refractivity contribution in [2.24, 2.45) is 5.41 Å². The first-order chi connectivity index (χ1) is 11.5. The predicted molar refractivity (Wildman–Crippen MR) is 93.1 cm³/mol. The van der Waals surface area contributed by atoms with Gasteiger partial charge in [0.05, 0.1) is 0 Å². The van der Waals surface area contributed by atoms with Gasteiger partial charge in [0.1, 0.15) is 0 Å². The second kappa shape index (κ2) is 6.63. The van der Waals surface area contributed by atoms with Gasteiger partial charge in [-0.05, 0) is 29.9 Å². The Hall–Kier alpha value is -2.36. The number of nitrogens with zero attached hydrogens (tertiary/aromatic N) is 2. The van der Waals surface area contributed by atoms with Gasteiger partial charge in [0.15, 0.2) is 6.20 Å². The Labute approximate surface area is 143 Å². The van der Waals surface area contributed by atoms with Crippen LogP contribution in [0.15, 0.2) is 54.7 Å². The van der Waals surface area contributed by atoms with Crippen LogP contribution in [-0.4, -0.2) is 16.8 Å². The Balaban J connectivity index is 1.95. The number of aromatic nitrogens is 1. The zero-order chi connectivity index (χ0) is 17.2. The maximum atomic E-state index is 13.1. The van der Waals surface area contributed by atoms with Crippen LogP contribution >= 0.6 is 0 Å². The maximum Gasteiger partial charge on any atom is 0.320 e. The van der Waals surface area contributed by atoms with Crippen LogP contribution in [0.1, 0.15) is 49.2 Å². The molecule has 1 amide bonds. The number of carbonyl (C=O) groups is 1. The van der Waals surface area contributed by atoms with Crippen LogP contribution in [0.25, 0.3) is 0 Å². The largest absolute Gasteiger partial charge is 0.618 e. The van der Waals surface area contributed by atoms with E-state index >= 15 is 0 Å². The van der Waals surface area contributed by atoms with Gasteiger partial charge in [-0.2, -0.15) is 4.73 Å². The molecule has 24 heavy (non-hydrogen) atoms. The van der Waals surface area contributed by atoms with E-state index in [0.717, 1.165) is 24.8 Å². The molecule has 0 bridgehead atoms. The lowest BCUT2D eigenvalue weighted by Gasteiger charge is -2.37. The summed E-state index contributed by atoms with van der Waals surface area (Å²) < 4.78 is 0.669. The first-order valence-electron chi connectivity index (χ1n) is 8.52. The molecule has 0 N–H and O–H groups in total. The molecule has 1 aliphatic carbocycles. The van der Waals surface area contributed by atoms with E-state index in [9.17, 15) is 10.0 Å². The summed E-state index contributed by atoms with van der Waals surface area (Å²) >= 11 is 0. The molecule has 1 saturated carbocycles. The fourth-order valence-corrected chi connectivity index (χ4v) is 3.73. The van der Waals surface area contributed by atoms with Crippen LogP contribution in [0.4, 0.5) is 0 Å². The smallest absolute Gasteiger partial charge is 0.320 e. The van der Waals surface area contributed by atoms with Crippen LogP contribution in [0.5, 0.6) is 0 Å². The van der Waals surface area contributed by atoms with E-state index in [0.29, 0.717) is 11.3 Å². The average Bonchev–Trinajstić information content (AvgIpc) is 2.92. The summed E-state index contributed by atoms with van der Waals surface area (Å²) in [6.07, 6.45) is 4.58. The van der Waals surface area contributed by atoms with Crippen molar-refractivity contribution in [2.45, 2.75) is 45.7 Å². The van der Waals surface area contributed by atoms with Gasteiger partial charge in [-0.3, -0.25) is 4.79 Å². The van der Waals surface area contributed by atoms with Crippen molar-refractivity contribution in [3.8, 4) is 0 Å². The van der Waals surface area contributed by atoms with Crippen molar-refractivity contribution in [3.05, 3.63) is 71.2 Å². The van der Waals surface area contributed by atoms with E-state index in [1.807, 2.05) is 35.2 Å². The number of carbonyl (C=O) groups excluding carboxylic acids is 1. The lowest BCUT2D eigenvalue weighted by molar-refractivity contribution is -0.608. The predicted octanol–water partition coefficient (Wildman–Crippen LogP) is 3.54. The summed E-state index contributed by atoms with van der Waals surface area (Å²) in [5, 5.41) is 12.1. The highest BCUT2D eigenvalue weighted by Crippen LogP contribution is 2.41. The number of hydrogen-bond acceptors (Lipinski definition) is 2. The first kappa shape index (κ1) is 16.5. The highest BCUT2D eigenvalue weighted by atomic mass is 16.5. The Kier molecular flexibility index (Phi) is 4.56. The molecule has 0 spiro atoms. The Morgan fingerprint density at radius 2 is 1.92 bits per heavy atom. The van der Waals surface area contributed by atoms with Crippen molar-refractivity contribution in [2.75, 3.05) is 0 Å². The zero-order valence-corrected chi connectivity index (χ0v) is 14.3. The molecule has 126 valence electrons. The summed E-state index contributed by atoms with van der Waals surface area (Å²) in [6.45, 7) is 4.96. The minimum absolute atomic E-state index is 0.0624. The van der Waals surface area contributed by atoms with Crippen LogP contribution in [-0.2, 0) is 6.54 Å². The topological polar surface area (TPSA) is 47.2 Å². The summed E-state index contributed by atoms with van der Waals surface area (Å²) in [4.78, 5) is 15.0. The number of benzene rings is 1. The Morgan fingerprint density at radius 3 is 2.54 bits per heavy atom. The first-order valence-corrected chi connectivity index (χ1v) is 8.52. The molecule has 1 atom stereocenters. The highest BCUT2D eigenvalue weighted by molar-refractivity contribution is 5.91. The van der Waals surface area contributed by atoms with E-state index in [1.165, 1.54) is 6.20 Å². The van der Waals surface area contributed by atoms with Gasteiger partial charge >= 0.3 is 5.91 Å². The number of hydrogen-bond donors (Lipinski definition) is 0. The normalized spacial score (nSPS) is 19.2. The standard InChI is InChI=1S/C20H24N2O2/c1-20(2)13-8-12-18(20)21(15-16-9-4-3-5-10-16)19(23)17-11-6-7-14-22(17)24/h3-7,9-11,14,18H,8,12-13,15H2,1-2H3/t18-/m0/s1. The summed E-state index contributed by atoms with van der Waals surface area (Å²) in [7, 11) is 0. The minimum atomic E-state index is -0.186. The van der Waals surface area contributed by atoms with E-state index in [1.54, 1.807) is 18.2 Å². The second-order valence-electron chi connectivity index (χ2n) is 7.23. The molecule has 1 heterocycles. The van der Waals surface area contributed by atoms with Gasteiger partial charge in [0.2, 0.25) is 0 Å². The molecule has 0 radical (unpaired) electrons. The summed E-state index contributed by atoms with van der Waals surface area (Å²) in [5.41, 5.74) is 1.34. The van der Waals surface area contributed by atoms with Gasteiger partial charge in [-0.15, -0.1) is 0 Å². The molecule has 2 aromatic rings. The highest BCUT2D eigenvalue weighted by Gasteiger charge is 2.41. The third-order valence-corrected chi connectivity index (χ3v) is 5.08. The molecule has 4 heteroatoms. The van der Waals surface area contributed by atoms with Crippen molar-refractivity contribution in [1.29, 1.82) is 0 Å². The van der Waals surface area contributed by atoms with Crippen molar-refractivity contribution >= 4 is 5.91 Å². The molecule has 1 fully saturated rings. The molecule has 0 aliphatic heterocycles. The van der Waals surface area contributed by atoms with E-state index in [-0.39, 0.29) is 23.1 Å². The minimum Gasteiger partial charge on any atom is -0.618 e. The van der Waals surface area contributed by atoms with Gasteiger partial charge in [-0.1, -0.05) is 50.6 Å². The Morgan fingerprint density at radius 1 is 1.21 bits per heavy atom. The molecule has 3 rings (SSSR count). The van der Waals surface area contributed by atoms with Crippen LogP contribution in [0, 0.1) is 10.6 Å². The molecular formula is C20H24N2O2. The lowest BCUT2D eigenvalue weighted by Crippen LogP contribution is -2.48.